The number of hydrogen-bond donors (Lipinski definition) is 1. The molecule has 0 spiro atoms. The van der Waals surface area contributed by atoms with Crippen molar-refractivity contribution in [3.8, 4) is 0 Å². The molecular formula is C13H16Cl3N. The van der Waals surface area contributed by atoms with Gasteiger partial charge < -0.3 is 5.32 Å². The van der Waals surface area contributed by atoms with Crippen LogP contribution in [0.2, 0.25) is 15.1 Å². The second-order valence-corrected chi connectivity index (χ2v) is 5.73. The van der Waals surface area contributed by atoms with Gasteiger partial charge in [0.1, 0.15) is 0 Å². The average Bonchev–Trinajstić information content (AvgIpc) is 2.35. The maximum atomic E-state index is 6.16. The summed E-state index contributed by atoms with van der Waals surface area (Å²) < 4.78 is 0. The summed E-state index contributed by atoms with van der Waals surface area (Å²) in [6.45, 7) is 0.697. The maximum absolute atomic E-state index is 6.16. The van der Waals surface area contributed by atoms with Crippen LogP contribution in [0.15, 0.2) is 12.1 Å². The molecule has 1 aromatic carbocycles. The lowest BCUT2D eigenvalue weighted by Gasteiger charge is -2.23. The maximum Gasteiger partial charge on any atom is 0.0652 e. The summed E-state index contributed by atoms with van der Waals surface area (Å²) >= 11 is 18.3. The number of benzene rings is 1. The fourth-order valence-electron chi connectivity index (χ4n) is 2.28. The Balaban J connectivity index is 2.00. The average molecular weight is 293 g/mol. The molecule has 1 N–H and O–H groups in total. The van der Waals surface area contributed by atoms with E-state index in [-0.39, 0.29) is 0 Å². The van der Waals surface area contributed by atoms with Crippen LogP contribution >= 0.6 is 34.8 Å². The van der Waals surface area contributed by atoms with Crippen molar-refractivity contribution >= 4 is 34.8 Å². The van der Waals surface area contributed by atoms with E-state index in [2.05, 4.69) is 5.32 Å². The van der Waals surface area contributed by atoms with Gasteiger partial charge in [-0.3, -0.25) is 0 Å². The Kier molecular flexibility index (Phi) is 4.98. The number of rotatable bonds is 3. The quantitative estimate of drug-likeness (QED) is 0.767. The van der Waals surface area contributed by atoms with Crippen molar-refractivity contribution in [3.63, 3.8) is 0 Å². The molecule has 1 nitrogen and oxygen atoms in total. The zero-order valence-corrected chi connectivity index (χ0v) is 11.9. The highest BCUT2D eigenvalue weighted by Crippen LogP contribution is 2.31. The van der Waals surface area contributed by atoms with Crippen molar-refractivity contribution in [1.29, 1.82) is 0 Å². The minimum atomic E-state index is 0.566. The van der Waals surface area contributed by atoms with Crippen molar-refractivity contribution < 1.29 is 0 Å². The highest BCUT2D eigenvalue weighted by atomic mass is 35.5. The molecule has 0 heterocycles. The number of hydrogen-bond acceptors (Lipinski definition) is 1. The summed E-state index contributed by atoms with van der Waals surface area (Å²) in [5, 5.41) is 5.34. The zero-order valence-electron chi connectivity index (χ0n) is 9.61. The molecule has 1 aliphatic carbocycles. The predicted molar refractivity (Wildman–Crippen MR) is 75.2 cm³/mol. The molecule has 4 heteroatoms. The molecule has 2 rings (SSSR count). The molecule has 1 aliphatic rings. The Hall–Kier alpha value is 0.0500. The fraction of sp³-hybridized carbons (Fsp3) is 0.538. The first-order valence-electron chi connectivity index (χ1n) is 6.04. The van der Waals surface area contributed by atoms with Crippen molar-refractivity contribution in [2.75, 3.05) is 0 Å². The molecule has 1 saturated carbocycles. The monoisotopic (exact) mass is 291 g/mol. The summed E-state index contributed by atoms with van der Waals surface area (Å²) in [7, 11) is 0. The van der Waals surface area contributed by atoms with Crippen LogP contribution in [0.4, 0.5) is 0 Å². The largest absolute Gasteiger partial charge is 0.310 e. The summed E-state index contributed by atoms with van der Waals surface area (Å²) in [5.41, 5.74) is 0.909. The zero-order chi connectivity index (χ0) is 12.3. The first-order chi connectivity index (χ1) is 8.18. The minimum Gasteiger partial charge on any atom is -0.310 e. The van der Waals surface area contributed by atoms with Crippen LogP contribution in [-0.2, 0) is 6.54 Å². The standard InChI is InChI=1S/C13H16Cl3N/c14-11-6-7-12(15)13(16)10(11)8-17-9-4-2-1-3-5-9/h6-7,9,17H,1-5,8H2. The van der Waals surface area contributed by atoms with E-state index in [9.17, 15) is 0 Å². The lowest BCUT2D eigenvalue weighted by molar-refractivity contribution is 0.372. The normalized spacial score (nSPS) is 17.4. The first-order valence-corrected chi connectivity index (χ1v) is 7.17. The van der Waals surface area contributed by atoms with E-state index in [1.54, 1.807) is 12.1 Å². The third-order valence-electron chi connectivity index (χ3n) is 3.31. The lowest BCUT2D eigenvalue weighted by atomic mass is 9.95. The molecule has 17 heavy (non-hydrogen) atoms. The molecular weight excluding hydrogens is 277 g/mol. The van der Waals surface area contributed by atoms with E-state index in [4.69, 9.17) is 34.8 Å². The predicted octanol–water partition coefficient (Wildman–Crippen LogP) is 5.07. The van der Waals surface area contributed by atoms with Gasteiger partial charge in [0.2, 0.25) is 0 Å². The Bertz CT molecular complexity index is 386. The molecule has 1 aromatic rings. The summed E-state index contributed by atoms with van der Waals surface area (Å²) in [6, 6.07) is 4.12. The molecule has 0 radical (unpaired) electrons. The Morgan fingerprint density at radius 1 is 1.00 bits per heavy atom. The Morgan fingerprint density at radius 2 is 1.65 bits per heavy atom. The van der Waals surface area contributed by atoms with E-state index in [1.807, 2.05) is 0 Å². The SMILES string of the molecule is Clc1ccc(Cl)c(CNC2CCCCC2)c1Cl. The van der Waals surface area contributed by atoms with Gasteiger partial charge >= 0.3 is 0 Å². The van der Waals surface area contributed by atoms with Crippen molar-refractivity contribution in [3.05, 3.63) is 32.8 Å². The summed E-state index contributed by atoms with van der Waals surface area (Å²) in [6.07, 6.45) is 6.48. The van der Waals surface area contributed by atoms with Gasteiger partial charge in [-0.05, 0) is 25.0 Å². The van der Waals surface area contributed by atoms with Gasteiger partial charge in [0, 0.05) is 23.2 Å². The third-order valence-corrected chi connectivity index (χ3v) is 4.51. The Labute approximate surface area is 117 Å². The molecule has 1 fully saturated rings. The minimum absolute atomic E-state index is 0.566. The highest BCUT2D eigenvalue weighted by molar-refractivity contribution is 6.44. The van der Waals surface area contributed by atoms with Gasteiger partial charge in [0.15, 0.2) is 0 Å². The van der Waals surface area contributed by atoms with Gasteiger partial charge in [-0.15, -0.1) is 0 Å². The molecule has 0 amide bonds. The van der Waals surface area contributed by atoms with Crippen LogP contribution in [0, 0.1) is 0 Å². The summed E-state index contributed by atoms with van der Waals surface area (Å²) in [4.78, 5) is 0. The summed E-state index contributed by atoms with van der Waals surface area (Å²) in [5.74, 6) is 0. The van der Waals surface area contributed by atoms with Crippen LogP contribution in [0.5, 0.6) is 0 Å². The fourth-order valence-corrected chi connectivity index (χ4v) is 2.97. The van der Waals surface area contributed by atoms with E-state index in [1.165, 1.54) is 32.1 Å². The van der Waals surface area contributed by atoms with Crippen LogP contribution in [-0.4, -0.2) is 6.04 Å². The molecule has 0 unspecified atom stereocenters. The molecule has 0 bridgehead atoms. The van der Waals surface area contributed by atoms with Gasteiger partial charge in [0.05, 0.1) is 10.0 Å². The van der Waals surface area contributed by atoms with E-state index in [0.717, 1.165) is 5.56 Å². The first kappa shape index (κ1) is 13.5. The number of halogens is 3. The van der Waals surface area contributed by atoms with Crippen molar-refractivity contribution in [2.45, 2.75) is 44.7 Å². The van der Waals surface area contributed by atoms with Crippen LogP contribution in [0.3, 0.4) is 0 Å². The van der Waals surface area contributed by atoms with Gasteiger partial charge in [-0.2, -0.15) is 0 Å². The molecule has 0 aromatic heterocycles. The third kappa shape index (κ3) is 3.51. The molecule has 94 valence electrons. The van der Waals surface area contributed by atoms with Gasteiger partial charge in [0.25, 0.3) is 0 Å². The smallest absolute Gasteiger partial charge is 0.0652 e. The van der Waals surface area contributed by atoms with Crippen LogP contribution in [0.1, 0.15) is 37.7 Å². The van der Waals surface area contributed by atoms with Crippen LogP contribution < -0.4 is 5.32 Å². The van der Waals surface area contributed by atoms with E-state index >= 15 is 0 Å². The second kappa shape index (κ2) is 6.29. The number of nitrogens with one attached hydrogen (secondary N) is 1. The van der Waals surface area contributed by atoms with Crippen molar-refractivity contribution in [1.82, 2.24) is 5.32 Å². The molecule has 0 aliphatic heterocycles. The topological polar surface area (TPSA) is 12.0 Å². The van der Waals surface area contributed by atoms with Crippen molar-refractivity contribution in [2.24, 2.45) is 0 Å². The highest BCUT2D eigenvalue weighted by Gasteiger charge is 2.15. The second-order valence-electron chi connectivity index (χ2n) is 4.54. The van der Waals surface area contributed by atoms with Gasteiger partial charge in [-0.25, -0.2) is 0 Å². The van der Waals surface area contributed by atoms with E-state index in [0.29, 0.717) is 27.7 Å². The molecule has 0 atom stereocenters. The Morgan fingerprint density at radius 3 is 2.35 bits per heavy atom. The van der Waals surface area contributed by atoms with E-state index < -0.39 is 0 Å². The lowest BCUT2D eigenvalue weighted by Crippen LogP contribution is -2.30. The van der Waals surface area contributed by atoms with Crippen LogP contribution in [0.25, 0.3) is 0 Å². The molecule has 0 saturated heterocycles. The van der Waals surface area contributed by atoms with Gasteiger partial charge in [-0.1, -0.05) is 54.1 Å².